The molecule has 0 bridgehead atoms. The number of aromatic nitrogens is 2. The molecule has 0 aliphatic carbocycles. The van der Waals surface area contributed by atoms with Gasteiger partial charge >= 0.3 is 6.18 Å². The lowest BCUT2D eigenvalue weighted by molar-refractivity contribution is -0.137. The van der Waals surface area contributed by atoms with Crippen molar-refractivity contribution >= 4 is 17.6 Å². The zero-order chi connectivity index (χ0) is 15.6. The molecule has 2 rings (SSSR count). The van der Waals surface area contributed by atoms with Crippen LogP contribution in [0.25, 0.3) is 0 Å². The molecular formula is C13H14F3N3OS. The first-order chi connectivity index (χ1) is 9.79. The molecule has 0 fully saturated rings. The first-order valence-electron chi connectivity index (χ1n) is 6.24. The van der Waals surface area contributed by atoms with Gasteiger partial charge in [0.15, 0.2) is 0 Å². The lowest BCUT2D eigenvalue weighted by atomic mass is 10.2. The third-order valence-corrected chi connectivity index (χ3v) is 3.46. The fraction of sp³-hybridized carbons (Fsp3) is 0.385. The van der Waals surface area contributed by atoms with Crippen LogP contribution in [0.3, 0.4) is 0 Å². The van der Waals surface area contributed by atoms with Gasteiger partial charge in [0.1, 0.15) is 16.6 Å². The van der Waals surface area contributed by atoms with Gasteiger partial charge in [-0.25, -0.2) is 9.97 Å². The average molecular weight is 317 g/mol. The minimum atomic E-state index is -4.43. The molecule has 0 saturated heterocycles. The Kier molecular flexibility index (Phi) is 4.46. The van der Waals surface area contributed by atoms with Crippen LogP contribution in [0.2, 0.25) is 0 Å². The Balaban J connectivity index is 2.35. The highest BCUT2D eigenvalue weighted by molar-refractivity contribution is 7.99. The summed E-state index contributed by atoms with van der Waals surface area (Å²) in [7, 11) is 0. The summed E-state index contributed by atoms with van der Waals surface area (Å²) in [5.41, 5.74) is -0.0488. The van der Waals surface area contributed by atoms with Gasteiger partial charge in [-0.15, -0.1) is 0 Å². The van der Waals surface area contributed by atoms with Crippen LogP contribution in [0.1, 0.15) is 23.9 Å². The molecule has 0 atom stereocenters. The lowest BCUT2D eigenvalue weighted by Crippen LogP contribution is -2.08. The van der Waals surface area contributed by atoms with Crippen molar-refractivity contribution in [2.24, 2.45) is 0 Å². The van der Waals surface area contributed by atoms with E-state index < -0.39 is 11.7 Å². The molecule has 0 spiro atoms. The maximum absolute atomic E-state index is 12.9. The van der Waals surface area contributed by atoms with E-state index in [2.05, 4.69) is 15.3 Å². The highest BCUT2D eigenvalue weighted by Gasteiger charge is 2.32. The Labute approximate surface area is 124 Å². The standard InChI is InChI=1S/C13H14F3N3OS/c1-4-17-10-5-9(13(14,15)16)6-11(19-10)21-12-18-7(2)8(3)20-12/h5-6H,4H2,1-3H3,(H,17,19). The zero-order valence-electron chi connectivity index (χ0n) is 11.7. The van der Waals surface area contributed by atoms with Crippen LogP contribution in [0.4, 0.5) is 19.0 Å². The van der Waals surface area contributed by atoms with Gasteiger partial charge in [-0.2, -0.15) is 13.2 Å². The average Bonchev–Trinajstić information content (AvgIpc) is 2.67. The van der Waals surface area contributed by atoms with Crippen molar-refractivity contribution in [1.82, 2.24) is 9.97 Å². The summed E-state index contributed by atoms with van der Waals surface area (Å²) >= 11 is 0.964. The summed E-state index contributed by atoms with van der Waals surface area (Å²) in [6, 6.07) is 1.97. The van der Waals surface area contributed by atoms with Gasteiger partial charge in [0.25, 0.3) is 5.22 Å². The fourth-order valence-corrected chi connectivity index (χ4v) is 2.43. The number of oxazole rings is 1. The van der Waals surface area contributed by atoms with Crippen LogP contribution >= 0.6 is 11.8 Å². The second-order valence-corrected chi connectivity index (χ2v) is 5.30. The van der Waals surface area contributed by atoms with Crippen LogP contribution in [0, 0.1) is 13.8 Å². The number of anilines is 1. The van der Waals surface area contributed by atoms with Gasteiger partial charge < -0.3 is 9.73 Å². The topological polar surface area (TPSA) is 51.0 Å². The molecule has 2 heterocycles. The predicted molar refractivity (Wildman–Crippen MR) is 73.5 cm³/mol. The molecule has 2 aromatic rings. The van der Waals surface area contributed by atoms with Crippen molar-refractivity contribution in [3.63, 3.8) is 0 Å². The van der Waals surface area contributed by atoms with Crippen LogP contribution in [-0.2, 0) is 6.18 Å². The van der Waals surface area contributed by atoms with E-state index in [1.165, 1.54) is 0 Å². The summed E-state index contributed by atoms with van der Waals surface area (Å²) in [4.78, 5) is 8.25. The van der Waals surface area contributed by atoms with Gasteiger partial charge in [-0.1, -0.05) is 0 Å². The minimum absolute atomic E-state index is 0.176. The van der Waals surface area contributed by atoms with E-state index in [4.69, 9.17) is 4.42 Å². The summed E-state index contributed by atoms with van der Waals surface area (Å²) < 4.78 is 44.0. The smallest absolute Gasteiger partial charge is 0.416 e. The minimum Gasteiger partial charge on any atom is -0.436 e. The van der Waals surface area contributed by atoms with Gasteiger partial charge in [-0.3, -0.25) is 0 Å². The van der Waals surface area contributed by atoms with E-state index in [9.17, 15) is 13.2 Å². The molecule has 4 nitrogen and oxygen atoms in total. The largest absolute Gasteiger partial charge is 0.436 e. The van der Waals surface area contributed by atoms with Crippen molar-refractivity contribution in [2.45, 2.75) is 37.2 Å². The van der Waals surface area contributed by atoms with E-state index in [0.29, 0.717) is 18.0 Å². The molecule has 0 saturated carbocycles. The predicted octanol–water partition coefficient (Wildman–Crippen LogP) is 4.29. The fourth-order valence-electron chi connectivity index (χ4n) is 1.57. The summed E-state index contributed by atoms with van der Waals surface area (Å²) in [6.07, 6.45) is -4.43. The van der Waals surface area contributed by atoms with Crippen LogP contribution in [0.5, 0.6) is 0 Å². The Bertz CT molecular complexity index is 621. The number of halogens is 3. The Morgan fingerprint density at radius 3 is 2.48 bits per heavy atom. The van der Waals surface area contributed by atoms with E-state index in [-0.39, 0.29) is 16.1 Å². The maximum atomic E-state index is 12.9. The van der Waals surface area contributed by atoms with Crippen LogP contribution in [-0.4, -0.2) is 16.5 Å². The molecule has 0 aromatic carbocycles. The first-order valence-corrected chi connectivity index (χ1v) is 7.06. The van der Waals surface area contributed by atoms with Gasteiger partial charge in [-0.05, 0) is 44.7 Å². The molecule has 0 amide bonds. The third kappa shape index (κ3) is 3.90. The first kappa shape index (κ1) is 15.7. The Hall–Kier alpha value is -1.70. The SMILES string of the molecule is CCNc1cc(C(F)(F)F)cc(Sc2nc(C)c(C)o2)n1. The Morgan fingerprint density at radius 2 is 1.95 bits per heavy atom. The van der Waals surface area contributed by atoms with E-state index >= 15 is 0 Å². The number of rotatable bonds is 4. The third-order valence-electron chi connectivity index (χ3n) is 2.69. The van der Waals surface area contributed by atoms with Gasteiger partial charge in [0.2, 0.25) is 0 Å². The Morgan fingerprint density at radius 1 is 1.24 bits per heavy atom. The second kappa shape index (κ2) is 5.97. The summed E-state index contributed by atoms with van der Waals surface area (Å²) in [5, 5.41) is 3.25. The number of nitrogens with zero attached hydrogens (tertiary/aromatic N) is 2. The number of aryl methyl sites for hydroxylation is 2. The van der Waals surface area contributed by atoms with Crippen molar-refractivity contribution in [1.29, 1.82) is 0 Å². The molecule has 114 valence electrons. The van der Waals surface area contributed by atoms with E-state index in [0.717, 1.165) is 23.9 Å². The molecule has 0 aliphatic rings. The number of hydrogen-bond donors (Lipinski definition) is 1. The van der Waals surface area contributed by atoms with Crippen molar-refractivity contribution in [2.75, 3.05) is 11.9 Å². The van der Waals surface area contributed by atoms with Crippen molar-refractivity contribution < 1.29 is 17.6 Å². The molecule has 0 unspecified atom stereocenters. The highest BCUT2D eigenvalue weighted by atomic mass is 32.2. The molecule has 8 heteroatoms. The number of pyridine rings is 1. The van der Waals surface area contributed by atoms with Crippen LogP contribution in [0.15, 0.2) is 26.8 Å². The monoisotopic (exact) mass is 317 g/mol. The molecule has 1 N–H and O–H groups in total. The van der Waals surface area contributed by atoms with E-state index in [1.807, 2.05) is 0 Å². The van der Waals surface area contributed by atoms with Crippen molar-refractivity contribution in [3.05, 3.63) is 29.2 Å². The van der Waals surface area contributed by atoms with Gasteiger partial charge in [0, 0.05) is 6.54 Å². The number of nitrogens with one attached hydrogen (secondary N) is 1. The van der Waals surface area contributed by atoms with Crippen LogP contribution < -0.4 is 5.32 Å². The van der Waals surface area contributed by atoms with Crippen molar-refractivity contribution in [3.8, 4) is 0 Å². The second-order valence-electron chi connectivity index (χ2n) is 4.33. The summed E-state index contributed by atoms with van der Waals surface area (Å²) in [6.45, 7) is 5.79. The molecular weight excluding hydrogens is 303 g/mol. The quantitative estimate of drug-likeness (QED) is 0.911. The maximum Gasteiger partial charge on any atom is 0.416 e. The molecule has 21 heavy (non-hydrogen) atoms. The zero-order valence-corrected chi connectivity index (χ0v) is 12.5. The normalized spacial score (nSPS) is 11.7. The molecule has 0 radical (unpaired) electrons. The number of hydrogen-bond acceptors (Lipinski definition) is 5. The lowest BCUT2D eigenvalue weighted by Gasteiger charge is -2.11. The van der Waals surface area contributed by atoms with E-state index in [1.54, 1.807) is 20.8 Å². The molecule has 0 aliphatic heterocycles. The summed E-state index contributed by atoms with van der Waals surface area (Å²) in [5.74, 6) is 0.811. The highest BCUT2D eigenvalue weighted by Crippen LogP contribution is 2.35. The number of alkyl halides is 3. The van der Waals surface area contributed by atoms with Gasteiger partial charge in [0.05, 0.1) is 11.3 Å². The molecule has 2 aromatic heterocycles.